The van der Waals surface area contributed by atoms with Gasteiger partial charge in [-0.05, 0) is 43.8 Å². The zero-order chi connectivity index (χ0) is 14.7. The van der Waals surface area contributed by atoms with Crippen LogP contribution in [0.25, 0.3) is 11.0 Å². The van der Waals surface area contributed by atoms with Crippen molar-refractivity contribution in [1.29, 1.82) is 0 Å². The maximum Gasteiger partial charge on any atom is 0.253 e. The van der Waals surface area contributed by atoms with Crippen molar-refractivity contribution < 1.29 is 0 Å². The molecule has 4 nitrogen and oxygen atoms in total. The molecule has 0 aromatic carbocycles. The summed E-state index contributed by atoms with van der Waals surface area (Å²) in [6.07, 6.45) is 3.99. The van der Waals surface area contributed by atoms with Crippen LogP contribution in [-0.2, 0) is 0 Å². The van der Waals surface area contributed by atoms with E-state index in [1.165, 1.54) is 0 Å². The lowest BCUT2D eigenvalue weighted by Crippen LogP contribution is -2.17. The maximum absolute atomic E-state index is 12.3. The molecule has 0 aliphatic rings. The quantitative estimate of drug-likeness (QED) is 0.858. The molecule has 1 unspecified atom stereocenters. The molecule has 20 heavy (non-hydrogen) atoms. The van der Waals surface area contributed by atoms with Crippen molar-refractivity contribution >= 4 is 34.4 Å². The number of H-pyrrole nitrogens is 1. The highest BCUT2D eigenvalue weighted by molar-refractivity contribution is 7.98. The van der Waals surface area contributed by atoms with Crippen molar-refractivity contribution in [2.45, 2.75) is 32.6 Å². The number of aryl methyl sites for hydroxylation is 1. The van der Waals surface area contributed by atoms with E-state index in [2.05, 4.69) is 28.1 Å². The number of thioether (sulfide) groups is 1. The number of aromatic amines is 1. The Kier molecular flexibility index (Phi) is 5.05. The second-order valence-corrected chi connectivity index (χ2v) is 6.11. The lowest BCUT2D eigenvalue weighted by molar-refractivity contribution is 0.640. The predicted octanol–water partition coefficient (Wildman–Crippen LogP) is 3.53. The second-order valence-electron chi connectivity index (χ2n) is 4.76. The Balaban J connectivity index is 2.54. The van der Waals surface area contributed by atoms with Gasteiger partial charge >= 0.3 is 0 Å². The highest BCUT2D eigenvalue weighted by Crippen LogP contribution is 2.26. The van der Waals surface area contributed by atoms with Crippen LogP contribution in [0.1, 0.15) is 37.1 Å². The fourth-order valence-electron chi connectivity index (χ4n) is 2.31. The Labute approximate surface area is 127 Å². The number of halogens is 1. The third-order valence-electron chi connectivity index (χ3n) is 3.41. The SMILES string of the molecule is CCC(CCSC)c1cc2c(Cl)nc(C)nc2[nH]c1=O. The molecule has 2 heterocycles. The molecule has 6 heteroatoms. The summed E-state index contributed by atoms with van der Waals surface area (Å²) < 4.78 is 0. The topological polar surface area (TPSA) is 58.6 Å². The number of rotatable bonds is 5. The largest absolute Gasteiger partial charge is 0.306 e. The summed E-state index contributed by atoms with van der Waals surface area (Å²) in [5, 5.41) is 1.11. The van der Waals surface area contributed by atoms with Gasteiger partial charge < -0.3 is 4.98 Å². The van der Waals surface area contributed by atoms with E-state index >= 15 is 0 Å². The number of aromatic nitrogens is 3. The number of hydrogen-bond acceptors (Lipinski definition) is 4. The summed E-state index contributed by atoms with van der Waals surface area (Å²) >= 11 is 7.95. The van der Waals surface area contributed by atoms with Crippen LogP contribution < -0.4 is 5.56 Å². The van der Waals surface area contributed by atoms with E-state index in [9.17, 15) is 4.79 Å². The van der Waals surface area contributed by atoms with Gasteiger partial charge in [-0.2, -0.15) is 11.8 Å². The van der Waals surface area contributed by atoms with Gasteiger partial charge in [-0.1, -0.05) is 18.5 Å². The van der Waals surface area contributed by atoms with E-state index in [-0.39, 0.29) is 11.5 Å². The van der Waals surface area contributed by atoms with Crippen LogP contribution in [0.4, 0.5) is 0 Å². The zero-order valence-corrected chi connectivity index (χ0v) is 13.4. The van der Waals surface area contributed by atoms with E-state index in [4.69, 9.17) is 11.6 Å². The minimum Gasteiger partial charge on any atom is -0.306 e. The lowest BCUT2D eigenvalue weighted by atomic mass is 9.94. The van der Waals surface area contributed by atoms with Crippen LogP contribution in [0, 0.1) is 6.92 Å². The van der Waals surface area contributed by atoms with Crippen molar-refractivity contribution in [3.8, 4) is 0 Å². The standard InChI is InChI=1S/C14H18ClN3OS/c1-4-9(5-6-20-3)10-7-11-12(15)16-8(2)17-13(11)18-14(10)19/h7,9H,4-6H2,1-3H3,(H,16,17,18,19). The molecule has 0 saturated carbocycles. The van der Waals surface area contributed by atoms with E-state index < -0.39 is 0 Å². The highest BCUT2D eigenvalue weighted by Gasteiger charge is 2.16. The summed E-state index contributed by atoms with van der Waals surface area (Å²) in [4.78, 5) is 23.5. The molecule has 2 rings (SSSR count). The van der Waals surface area contributed by atoms with Gasteiger partial charge in [-0.25, -0.2) is 9.97 Å². The molecular formula is C14H18ClN3OS. The molecule has 0 radical (unpaired) electrons. The van der Waals surface area contributed by atoms with E-state index in [1.54, 1.807) is 18.7 Å². The van der Waals surface area contributed by atoms with E-state index in [0.29, 0.717) is 16.6 Å². The summed E-state index contributed by atoms with van der Waals surface area (Å²) in [6.45, 7) is 3.85. The predicted molar refractivity (Wildman–Crippen MR) is 85.9 cm³/mol. The van der Waals surface area contributed by atoms with Gasteiger partial charge in [-0.15, -0.1) is 0 Å². The number of fused-ring (bicyclic) bond motifs is 1. The normalized spacial score (nSPS) is 12.8. The molecule has 2 aromatic heterocycles. The van der Waals surface area contributed by atoms with Crippen molar-refractivity contribution in [2.24, 2.45) is 0 Å². The van der Waals surface area contributed by atoms with Crippen LogP contribution in [0.2, 0.25) is 5.15 Å². The molecule has 0 fully saturated rings. The van der Waals surface area contributed by atoms with Crippen LogP contribution in [-0.4, -0.2) is 27.0 Å². The average Bonchev–Trinajstić information content (AvgIpc) is 2.40. The third-order valence-corrected chi connectivity index (χ3v) is 4.34. The number of nitrogens with one attached hydrogen (secondary N) is 1. The molecule has 0 aliphatic carbocycles. The van der Waals surface area contributed by atoms with Gasteiger partial charge in [0.25, 0.3) is 5.56 Å². The summed E-state index contributed by atoms with van der Waals surface area (Å²) in [7, 11) is 0. The monoisotopic (exact) mass is 311 g/mol. The highest BCUT2D eigenvalue weighted by atomic mass is 35.5. The van der Waals surface area contributed by atoms with Gasteiger partial charge in [0.1, 0.15) is 16.6 Å². The Morgan fingerprint density at radius 2 is 2.20 bits per heavy atom. The number of nitrogens with zero attached hydrogens (tertiary/aromatic N) is 2. The number of hydrogen-bond donors (Lipinski definition) is 1. The van der Waals surface area contributed by atoms with Crippen molar-refractivity contribution in [3.05, 3.63) is 33.0 Å². The smallest absolute Gasteiger partial charge is 0.253 e. The summed E-state index contributed by atoms with van der Waals surface area (Å²) in [5.41, 5.74) is 1.22. The first-order chi connectivity index (χ1) is 9.56. The molecule has 0 amide bonds. The lowest BCUT2D eigenvalue weighted by Gasteiger charge is -2.14. The van der Waals surface area contributed by atoms with Crippen molar-refractivity contribution in [3.63, 3.8) is 0 Å². The zero-order valence-electron chi connectivity index (χ0n) is 11.9. The van der Waals surface area contributed by atoms with Crippen LogP contribution in [0.15, 0.2) is 10.9 Å². The Morgan fingerprint density at radius 1 is 1.45 bits per heavy atom. The van der Waals surface area contributed by atoms with Crippen LogP contribution in [0.5, 0.6) is 0 Å². The molecule has 0 bridgehead atoms. The Morgan fingerprint density at radius 3 is 2.85 bits per heavy atom. The van der Waals surface area contributed by atoms with Gasteiger partial charge in [0, 0.05) is 5.56 Å². The average molecular weight is 312 g/mol. The number of pyridine rings is 1. The van der Waals surface area contributed by atoms with Crippen LogP contribution in [0.3, 0.4) is 0 Å². The van der Waals surface area contributed by atoms with Gasteiger partial charge in [0.05, 0.1) is 5.39 Å². The summed E-state index contributed by atoms with van der Waals surface area (Å²) in [6, 6.07) is 1.85. The molecule has 0 aliphatic heterocycles. The molecule has 2 aromatic rings. The fourth-order valence-corrected chi connectivity index (χ4v) is 3.10. The Bertz CT molecular complexity index is 671. The second kappa shape index (κ2) is 6.59. The summed E-state index contributed by atoms with van der Waals surface area (Å²) in [5.74, 6) is 1.84. The van der Waals surface area contributed by atoms with Gasteiger partial charge in [0.15, 0.2) is 0 Å². The first-order valence-electron chi connectivity index (χ1n) is 6.62. The maximum atomic E-state index is 12.3. The third kappa shape index (κ3) is 3.15. The van der Waals surface area contributed by atoms with Gasteiger partial charge in [0.2, 0.25) is 0 Å². The van der Waals surface area contributed by atoms with Crippen molar-refractivity contribution in [1.82, 2.24) is 15.0 Å². The molecule has 108 valence electrons. The first kappa shape index (κ1) is 15.3. The van der Waals surface area contributed by atoms with Crippen LogP contribution >= 0.6 is 23.4 Å². The van der Waals surface area contributed by atoms with E-state index in [0.717, 1.165) is 29.5 Å². The Hall–Kier alpha value is -1.07. The molecule has 0 spiro atoms. The van der Waals surface area contributed by atoms with Gasteiger partial charge in [-0.3, -0.25) is 4.79 Å². The molecule has 1 N–H and O–H groups in total. The fraction of sp³-hybridized carbons (Fsp3) is 0.500. The minimum atomic E-state index is -0.0698. The van der Waals surface area contributed by atoms with Crippen molar-refractivity contribution in [2.75, 3.05) is 12.0 Å². The molecular weight excluding hydrogens is 294 g/mol. The molecule has 0 saturated heterocycles. The first-order valence-corrected chi connectivity index (χ1v) is 8.40. The molecule has 1 atom stereocenters. The van der Waals surface area contributed by atoms with E-state index in [1.807, 2.05) is 6.07 Å². The minimum absolute atomic E-state index is 0.0698.